The van der Waals surface area contributed by atoms with Crippen molar-refractivity contribution in [1.82, 2.24) is 20.1 Å². The van der Waals surface area contributed by atoms with Gasteiger partial charge in [0.15, 0.2) is 0 Å². The van der Waals surface area contributed by atoms with Crippen molar-refractivity contribution in [3.8, 4) is 5.69 Å². The maximum Gasteiger partial charge on any atom is 0.255 e. The van der Waals surface area contributed by atoms with Gasteiger partial charge in [0.1, 0.15) is 30.3 Å². The van der Waals surface area contributed by atoms with Crippen molar-refractivity contribution in [2.75, 3.05) is 5.32 Å². The molecule has 1 aliphatic heterocycles. The minimum Gasteiger partial charge on any atom is -0.361 e. The Morgan fingerprint density at radius 2 is 2.00 bits per heavy atom. The molecule has 0 radical (unpaired) electrons. The van der Waals surface area contributed by atoms with Crippen LogP contribution in [-0.4, -0.2) is 20.7 Å². The molecule has 1 aromatic heterocycles. The van der Waals surface area contributed by atoms with Crippen LogP contribution in [-0.2, 0) is 0 Å². The van der Waals surface area contributed by atoms with Gasteiger partial charge in [-0.1, -0.05) is 18.2 Å². The van der Waals surface area contributed by atoms with Crippen LogP contribution in [0.5, 0.6) is 0 Å². The van der Waals surface area contributed by atoms with Crippen molar-refractivity contribution < 1.29 is 9.18 Å². The monoisotopic (exact) mass is 309 g/mol. The van der Waals surface area contributed by atoms with Gasteiger partial charge in [0.05, 0.1) is 5.56 Å². The van der Waals surface area contributed by atoms with Crippen molar-refractivity contribution in [2.24, 2.45) is 0 Å². The summed E-state index contributed by atoms with van der Waals surface area (Å²) in [6, 6.07) is 11.9. The van der Waals surface area contributed by atoms with Gasteiger partial charge in [0, 0.05) is 5.69 Å². The molecule has 114 valence electrons. The number of para-hydroxylation sites is 1. The van der Waals surface area contributed by atoms with Crippen LogP contribution in [0.15, 0.2) is 55.1 Å². The molecule has 0 unspecified atom stereocenters. The molecule has 4 rings (SSSR count). The summed E-state index contributed by atoms with van der Waals surface area (Å²) in [5.74, 6) is -0.631. The van der Waals surface area contributed by atoms with Gasteiger partial charge in [-0.2, -0.15) is 5.10 Å². The van der Waals surface area contributed by atoms with Crippen LogP contribution in [0.4, 0.5) is 10.1 Å². The van der Waals surface area contributed by atoms with Gasteiger partial charge < -0.3 is 10.6 Å². The molecule has 0 bridgehead atoms. The van der Waals surface area contributed by atoms with Crippen molar-refractivity contribution in [2.45, 2.75) is 6.17 Å². The number of halogens is 1. The van der Waals surface area contributed by atoms with Gasteiger partial charge in [-0.3, -0.25) is 4.79 Å². The van der Waals surface area contributed by atoms with Crippen LogP contribution in [0.1, 0.15) is 22.1 Å². The second-order valence-corrected chi connectivity index (χ2v) is 5.15. The van der Waals surface area contributed by atoms with E-state index in [1.54, 1.807) is 24.3 Å². The maximum absolute atomic E-state index is 14.3. The molecular weight excluding hydrogens is 297 g/mol. The Hall–Kier alpha value is -3.22. The Labute approximate surface area is 131 Å². The predicted molar refractivity (Wildman–Crippen MR) is 81.6 cm³/mol. The number of benzene rings is 2. The zero-order chi connectivity index (χ0) is 15.8. The molecule has 1 amide bonds. The van der Waals surface area contributed by atoms with Crippen molar-refractivity contribution >= 4 is 11.6 Å². The minimum absolute atomic E-state index is 0.190. The first-order chi connectivity index (χ1) is 11.2. The molecule has 1 aliphatic rings. The second kappa shape index (κ2) is 5.20. The summed E-state index contributed by atoms with van der Waals surface area (Å²) in [7, 11) is 0. The Morgan fingerprint density at radius 3 is 2.78 bits per heavy atom. The summed E-state index contributed by atoms with van der Waals surface area (Å²) in [6.07, 6.45) is 2.28. The summed E-state index contributed by atoms with van der Waals surface area (Å²) < 4.78 is 15.7. The number of aromatic nitrogens is 3. The number of rotatable bonds is 2. The SMILES string of the molecule is O=C1N[C@@H](c2ccc(-n3cncn3)c(F)c2)Nc2ccccc21. The van der Waals surface area contributed by atoms with Crippen LogP contribution in [0.2, 0.25) is 0 Å². The van der Waals surface area contributed by atoms with Crippen LogP contribution in [0, 0.1) is 5.82 Å². The van der Waals surface area contributed by atoms with Gasteiger partial charge >= 0.3 is 0 Å². The predicted octanol–water partition coefficient (Wildman–Crippen LogP) is 2.26. The van der Waals surface area contributed by atoms with E-state index >= 15 is 0 Å². The molecule has 3 aromatic rings. The zero-order valence-electron chi connectivity index (χ0n) is 11.9. The molecular formula is C16H12FN5O. The smallest absolute Gasteiger partial charge is 0.255 e. The second-order valence-electron chi connectivity index (χ2n) is 5.15. The number of nitrogens with one attached hydrogen (secondary N) is 2. The molecule has 2 heterocycles. The Kier molecular flexibility index (Phi) is 3.04. The van der Waals surface area contributed by atoms with E-state index in [-0.39, 0.29) is 5.91 Å². The summed E-state index contributed by atoms with van der Waals surface area (Å²) >= 11 is 0. The fourth-order valence-electron chi connectivity index (χ4n) is 2.60. The van der Waals surface area contributed by atoms with Gasteiger partial charge in [-0.05, 0) is 29.8 Å². The first-order valence-corrected chi connectivity index (χ1v) is 7.03. The highest BCUT2D eigenvalue weighted by molar-refractivity contribution is 6.01. The highest BCUT2D eigenvalue weighted by atomic mass is 19.1. The van der Waals surface area contributed by atoms with E-state index in [4.69, 9.17) is 0 Å². The molecule has 2 aromatic carbocycles. The molecule has 0 aliphatic carbocycles. The number of nitrogens with zero attached hydrogens (tertiary/aromatic N) is 3. The van der Waals surface area contributed by atoms with E-state index in [0.29, 0.717) is 16.8 Å². The topological polar surface area (TPSA) is 71.8 Å². The molecule has 0 saturated heterocycles. The molecule has 2 N–H and O–H groups in total. The minimum atomic E-state index is -0.489. The number of hydrogen-bond acceptors (Lipinski definition) is 4. The molecule has 6 nitrogen and oxygen atoms in total. The van der Waals surface area contributed by atoms with Gasteiger partial charge in [-0.15, -0.1) is 0 Å². The van der Waals surface area contributed by atoms with E-state index in [2.05, 4.69) is 20.7 Å². The van der Waals surface area contributed by atoms with Crippen LogP contribution < -0.4 is 10.6 Å². The summed E-state index contributed by atoms with van der Waals surface area (Å²) in [5, 5.41) is 9.92. The zero-order valence-corrected chi connectivity index (χ0v) is 11.9. The third kappa shape index (κ3) is 2.32. The lowest BCUT2D eigenvalue weighted by atomic mass is 10.1. The fraction of sp³-hybridized carbons (Fsp3) is 0.0625. The molecule has 0 fully saturated rings. The fourth-order valence-corrected chi connectivity index (χ4v) is 2.60. The number of hydrogen-bond donors (Lipinski definition) is 2. The van der Waals surface area contributed by atoms with Crippen molar-refractivity contribution in [3.63, 3.8) is 0 Å². The summed E-state index contributed by atoms with van der Waals surface area (Å²) in [4.78, 5) is 15.9. The quantitative estimate of drug-likeness (QED) is 0.761. The van der Waals surface area contributed by atoms with E-state index in [0.717, 1.165) is 5.69 Å². The van der Waals surface area contributed by atoms with E-state index in [9.17, 15) is 9.18 Å². The normalized spacial score (nSPS) is 16.4. The van der Waals surface area contributed by atoms with Crippen LogP contribution >= 0.6 is 0 Å². The largest absolute Gasteiger partial charge is 0.361 e. The summed E-state index contributed by atoms with van der Waals surface area (Å²) in [5.41, 5.74) is 2.22. The van der Waals surface area contributed by atoms with Crippen molar-refractivity contribution in [1.29, 1.82) is 0 Å². The number of carbonyl (C=O) groups excluding carboxylic acids is 1. The highest BCUT2D eigenvalue weighted by Crippen LogP contribution is 2.27. The lowest BCUT2D eigenvalue weighted by Crippen LogP contribution is -2.38. The van der Waals surface area contributed by atoms with E-state index in [1.165, 1.54) is 23.4 Å². The lowest BCUT2D eigenvalue weighted by Gasteiger charge is -2.28. The molecule has 7 heteroatoms. The van der Waals surface area contributed by atoms with Gasteiger partial charge in [0.25, 0.3) is 5.91 Å². The third-order valence-electron chi connectivity index (χ3n) is 3.72. The molecule has 0 spiro atoms. The van der Waals surface area contributed by atoms with Crippen LogP contribution in [0.3, 0.4) is 0 Å². The van der Waals surface area contributed by atoms with E-state index < -0.39 is 12.0 Å². The first kappa shape index (κ1) is 13.4. The standard InChI is InChI=1S/C16H12FN5O/c17-12-7-10(5-6-14(12)22-9-18-8-19-22)15-20-13-4-2-1-3-11(13)16(23)21-15/h1-9,15,20H,(H,21,23)/t15-/m0/s1. The Morgan fingerprint density at radius 1 is 1.13 bits per heavy atom. The maximum atomic E-state index is 14.3. The first-order valence-electron chi connectivity index (χ1n) is 7.03. The number of carbonyl (C=O) groups is 1. The number of amides is 1. The molecule has 0 saturated carbocycles. The Bertz CT molecular complexity index is 878. The average molecular weight is 309 g/mol. The molecule has 1 atom stereocenters. The van der Waals surface area contributed by atoms with Crippen molar-refractivity contribution in [3.05, 3.63) is 72.1 Å². The lowest BCUT2D eigenvalue weighted by molar-refractivity contribution is 0.0935. The summed E-state index contributed by atoms with van der Waals surface area (Å²) in [6.45, 7) is 0. The van der Waals surface area contributed by atoms with Gasteiger partial charge in [-0.25, -0.2) is 14.1 Å². The Balaban J connectivity index is 1.67. The highest BCUT2D eigenvalue weighted by Gasteiger charge is 2.24. The number of fused-ring (bicyclic) bond motifs is 1. The van der Waals surface area contributed by atoms with Gasteiger partial charge in [0.2, 0.25) is 0 Å². The third-order valence-corrected chi connectivity index (χ3v) is 3.72. The van der Waals surface area contributed by atoms with E-state index in [1.807, 2.05) is 12.1 Å². The van der Waals surface area contributed by atoms with Crippen LogP contribution in [0.25, 0.3) is 5.69 Å². The molecule has 23 heavy (non-hydrogen) atoms. The average Bonchev–Trinajstić information content (AvgIpc) is 3.09. The number of anilines is 1.